The van der Waals surface area contributed by atoms with Gasteiger partial charge in [-0.1, -0.05) is 0 Å². The van der Waals surface area contributed by atoms with Crippen LogP contribution in [0.5, 0.6) is 0 Å². The number of nitrogens with two attached hydrogens (primary N) is 1. The highest BCUT2D eigenvalue weighted by Crippen LogP contribution is 2.26. The fourth-order valence-electron chi connectivity index (χ4n) is 1.91. The lowest BCUT2D eigenvalue weighted by Gasteiger charge is -2.10. The first-order chi connectivity index (χ1) is 9.62. The molecule has 0 aliphatic rings. The minimum atomic E-state index is -3.97. The first kappa shape index (κ1) is 15.7. The molecule has 0 saturated carbocycles. The summed E-state index contributed by atoms with van der Waals surface area (Å²) in [6.45, 7) is 3.54. The van der Waals surface area contributed by atoms with Crippen LogP contribution < -0.4 is 5.14 Å². The highest BCUT2D eigenvalue weighted by molar-refractivity contribution is 9.10. The van der Waals surface area contributed by atoms with Crippen LogP contribution in [0.15, 0.2) is 27.6 Å². The molecule has 0 aliphatic carbocycles. The monoisotopic (exact) mass is 373 g/mol. The van der Waals surface area contributed by atoms with Crippen molar-refractivity contribution in [2.24, 2.45) is 5.14 Å². The molecule has 0 bridgehead atoms. The van der Waals surface area contributed by atoms with Crippen molar-refractivity contribution in [2.75, 3.05) is 0 Å². The van der Waals surface area contributed by atoms with E-state index in [9.17, 15) is 18.3 Å². The Labute approximate surface area is 129 Å². The summed E-state index contributed by atoms with van der Waals surface area (Å²) in [6, 6.07) is 3.65. The number of hydrogen-bond donors (Lipinski definition) is 2. The molecule has 112 valence electrons. The van der Waals surface area contributed by atoms with E-state index in [0.29, 0.717) is 11.4 Å². The van der Waals surface area contributed by atoms with E-state index in [2.05, 4.69) is 21.0 Å². The van der Waals surface area contributed by atoms with Gasteiger partial charge in [-0.15, -0.1) is 0 Å². The molecule has 3 N–H and O–H groups in total. The molecular formula is C12H12BrN3O4S. The van der Waals surface area contributed by atoms with E-state index >= 15 is 0 Å². The van der Waals surface area contributed by atoms with Gasteiger partial charge < -0.3 is 5.11 Å². The second-order valence-electron chi connectivity index (χ2n) is 4.43. The minimum absolute atomic E-state index is 0.195. The third-order valence-electron chi connectivity index (χ3n) is 2.96. The van der Waals surface area contributed by atoms with Crippen LogP contribution in [0.1, 0.15) is 21.7 Å². The molecule has 21 heavy (non-hydrogen) atoms. The minimum Gasteiger partial charge on any atom is -0.478 e. The summed E-state index contributed by atoms with van der Waals surface area (Å²) < 4.78 is 24.9. The number of aromatic nitrogens is 2. The number of hydrogen-bond acceptors (Lipinski definition) is 4. The molecule has 0 unspecified atom stereocenters. The molecule has 2 rings (SSSR count). The Morgan fingerprint density at radius 1 is 1.38 bits per heavy atom. The van der Waals surface area contributed by atoms with Crippen molar-refractivity contribution in [1.29, 1.82) is 0 Å². The molecule has 1 aromatic heterocycles. The average molecular weight is 374 g/mol. The van der Waals surface area contributed by atoms with Gasteiger partial charge in [-0.25, -0.2) is 23.0 Å². The van der Waals surface area contributed by atoms with Gasteiger partial charge in [0.15, 0.2) is 0 Å². The smallest absolute Gasteiger partial charge is 0.337 e. The van der Waals surface area contributed by atoms with E-state index in [1.807, 2.05) is 0 Å². The van der Waals surface area contributed by atoms with Gasteiger partial charge in [-0.2, -0.15) is 5.10 Å². The Hall–Kier alpha value is -1.71. The molecule has 0 fully saturated rings. The topological polar surface area (TPSA) is 115 Å². The van der Waals surface area contributed by atoms with Crippen LogP contribution in [-0.4, -0.2) is 29.3 Å². The summed E-state index contributed by atoms with van der Waals surface area (Å²) in [5, 5.41) is 18.6. The van der Waals surface area contributed by atoms with Gasteiger partial charge in [0.1, 0.15) is 0 Å². The number of halogens is 1. The van der Waals surface area contributed by atoms with Crippen LogP contribution >= 0.6 is 15.9 Å². The second-order valence-corrected chi connectivity index (χ2v) is 6.78. The molecule has 0 amide bonds. The number of carbonyl (C=O) groups is 1. The van der Waals surface area contributed by atoms with Crippen molar-refractivity contribution < 1.29 is 18.3 Å². The maximum absolute atomic E-state index is 11.4. The van der Waals surface area contributed by atoms with E-state index in [1.165, 1.54) is 16.8 Å². The number of sulfonamides is 1. The normalized spacial score (nSPS) is 11.6. The van der Waals surface area contributed by atoms with Crippen molar-refractivity contribution in [3.8, 4) is 5.69 Å². The van der Waals surface area contributed by atoms with Crippen LogP contribution in [0, 0.1) is 13.8 Å². The summed E-state index contributed by atoms with van der Waals surface area (Å²) in [5.74, 6) is -1.26. The predicted molar refractivity (Wildman–Crippen MR) is 79.1 cm³/mol. The number of carboxylic acids is 1. The van der Waals surface area contributed by atoms with Crippen LogP contribution in [0.4, 0.5) is 0 Å². The first-order valence-corrected chi connectivity index (χ1v) is 8.09. The first-order valence-electron chi connectivity index (χ1n) is 5.75. The molecule has 0 spiro atoms. The summed E-state index contributed by atoms with van der Waals surface area (Å²) in [4.78, 5) is 11.1. The van der Waals surface area contributed by atoms with Crippen LogP contribution in [0.2, 0.25) is 0 Å². The van der Waals surface area contributed by atoms with Crippen LogP contribution in [-0.2, 0) is 10.0 Å². The van der Waals surface area contributed by atoms with E-state index in [0.717, 1.165) is 10.5 Å². The largest absolute Gasteiger partial charge is 0.478 e. The van der Waals surface area contributed by atoms with Crippen molar-refractivity contribution in [1.82, 2.24) is 9.78 Å². The third-order valence-corrected chi connectivity index (χ3v) is 5.02. The lowest BCUT2D eigenvalue weighted by molar-refractivity contribution is 0.0696. The van der Waals surface area contributed by atoms with E-state index in [4.69, 9.17) is 5.14 Å². The Balaban J connectivity index is 2.75. The molecule has 1 heterocycles. The fraction of sp³-hybridized carbons (Fsp3) is 0.167. The van der Waals surface area contributed by atoms with Crippen molar-refractivity contribution in [3.63, 3.8) is 0 Å². The number of nitrogens with zero attached hydrogens (tertiary/aromatic N) is 2. The van der Waals surface area contributed by atoms with Gasteiger partial charge in [-0.3, -0.25) is 0 Å². The number of carboxylic acid groups (broad SMARTS) is 1. The fourth-order valence-corrected chi connectivity index (χ4v) is 2.69. The zero-order valence-electron chi connectivity index (χ0n) is 11.2. The predicted octanol–water partition coefficient (Wildman–Crippen LogP) is 1.60. The zero-order chi connectivity index (χ0) is 15.9. The number of benzene rings is 1. The Bertz CT molecular complexity index is 842. The third kappa shape index (κ3) is 2.85. The highest BCUT2D eigenvalue weighted by Gasteiger charge is 2.20. The lowest BCUT2D eigenvalue weighted by Crippen LogP contribution is -2.15. The SMILES string of the molecule is Cc1nn(-c2ccc(S(N)(=O)=O)cc2C(=O)O)c(C)c1Br. The molecule has 9 heteroatoms. The molecule has 1 aromatic carbocycles. The maximum atomic E-state index is 11.4. The van der Waals surface area contributed by atoms with Gasteiger partial charge in [0.05, 0.1) is 32.0 Å². The Morgan fingerprint density at radius 2 is 2.00 bits per heavy atom. The second kappa shape index (κ2) is 5.24. The van der Waals surface area contributed by atoms with Gasteiger partial charge >= 0.3 is 5.97 Å². The maximum Gasteiger partial charge on any atom is 0.337 e. The van der Waals surface area contributed by atoms with Crippen molar-refractivity contribution in [3.05, 3.63) is 39.6 Å². The number of aryl methyl sites for hydroxylation is 1. The Morgan fingerprint density at radius 3 is 2.43 bits per heavy atom. The molecule has 7 nitrogen and oxygen atoms in total. The molecule has 0 saturated heterocycles. The Kier molecular flexibility index (Phi) is 3.91. The standard InChI is InChI=1S/C12H12BrN3O4S/c1-6-11(13)7(2)16(15-6)10-4-3-8(21(14,19)20)5-9(10)12(17)18/h3-5H,1-2H3,(H,17,18)(H2,14,19,20). The summed E-state index contributed by atoms with van der Waals surface area (Å²) in [6.07, 6.45) is 0. The zero-order valence-corrected chi connectivity index (χ0v) is 13.6. The molecule has 2 aromatic rings. The van der Waals surface area contributed by atoms with E-state index < -0.39 is 16.0 Å². The van der Waals surface area contributed by atoms with Gasteiger partial charge in [0, 0.05) is 0 Å². The summed E-state index contributed by atoms with van der Waals surface area (Å²) in [5.41, 5.74) is 1.47. The van der Waals surface area contributed by atoms with Crippen LogP contribution in [0.25, 0.3) is 5.69 Å². The van der Waals surface area contributed by atoms with E-state index in [-0.39, 0.29) is 16.1 Å². The molecule has 0 atom stereocenters. The number of aromatic carboxylic acids is 1. The van der Waals surface area contributed by atoms with Gasteiger partial charge in [0.25, 0.3) is 0 Å². The van der Waals surface area contributed by atoms with Gasteiger partial charge in [0.2, 0.25) is 10.0 Å². The van der Waals surface area contributed by atoms with E-state index in [1.54, 1.807) is 13.8 Å². The van der Waals surface area contributed by atoms with Crippen LogP contribution in [0.3, 0.4) is 0 Å². The van der Waals surface area contributed by atoms with Gasteiger partial charge in [-0.05, 0) is 48.0 Å². The number of primary sulfonamides is 1. The highest BCUT2D eigenvalue weighted by atomic mass is 79.9. The van der Waals surface area contributed by atoms with Crippen molar-refractivity contribution in [2.45, 2.75) is 18.7 Å². The lowest BCUT2D eigenvalue weighted by atomic mass is 10.2. The average Bonchev–Trinajstić information content (AvgIpc) is 2.64. The molecule has 0 aliphatic heterocycles. The number of rotatable bonds is 3. The summed E-state index contributed by atoms with van der Waals surface area (Å²) in [7, 11) is -3.97. The quantitative estimate of drug-likeness (QED) is 0.847. The molecular weight excluding hydrogens is 362 g/mol. The summed E-state index contributed by atoms with van der Waals surface area (Å²) >= 11 is 3.36. The van der Waals surface area contributed by atoms with Crippen molar-refractivity contribution >= 4 is 31.9 Å². The molecule has 0 radical (unpaired) electrons.